The maximum Gasteiger partial charge on any atom is 0.132 e. The van der Waals surface area contributed by atoms with Crippen LogP contribution in [-0.4, -0.2) is 35.2 Å². The molecule has 1 aliphatic heterocycles. The van der Waals surface area contributed by atoms with Crippen molar-refractivity contribution in [1.82, 2.24) is 15.0 Å². The molecule has 3 aromatic rings. The van der Waals surface area contributed by atoms with Gasteiger partial charge in [-0.25, -0.2) is 15.0 Å². The van der Waals surface area contributed by atoms with E-state index in [1.165, 1.54) is 11.3 Å². The van der Waals surface area contributed by atoms with Crippen LogP contribution >= 0.6 is 11.3 Å². The van der Waals surface area contributed by atoms with E-state index in [1.54, 1.807) is 24.8 Å². The third kappa shape index (κ3) is 3.59. The number of benzene rings is 1. The number of piperidine rings is 1. The van der Waals surface area contributed by atoms with Crippen LogP contribution in [0.3, 0.4) is 0 Å². The molecule has 4 rings (SSSR count). The molecular weight excluding hydrogens is 356 g/mol. The van der Waals surface area contributed by atoms with Crippen LogP contribution in [0.4, 0.5) is 5.82 Å². The van der Waals surface area contributed by atoms with Crippen molar-refractivity contribution in [2.45, 2.75) is 31.8 Å². The number of ether oxygens (including phenoxy) is 1. The van der Waals surface area contributed by atoms with Gasteiger partial charge < -0.3 is 9.64 Å². The lowest BCUT2D eigenvalue weighted by molar-refractivity contribution is 0.181. The van der Waals surface area contributed by atoms with Gasteiger partial charge in [-0.2, -0.15) is 0 Å². The van der Waals surface area contributed by atoms with Gasteiger partial charge in [-0.1, -0.05) is 30.3 Å². The van der Waals surface area contributed by atoms with Gasteiger partial charge in [0.25, 0.3) is 0 Å². The molecule has 1 aliphatic rings. The highest BCUT2D eigenvalue weighted by atomic mass is 32.1. The molecule has 1 fully saturated rings. The summed E-state index contributed by atoms with van der Waals surface area (Å²) in [6, 6.07) is 12.9. The number of anilines is 1. The van der Waals surface area contributed by atoms with Crippen molar-refractivity contribution >= 4 is 17.2 Å². The summed E-state index contributed by atoms with van der Waals surface area (Å²) in [5.74, 6) is 0.980. The molecule has 0 unspecified atom stereocenters. The number of hydrogen-bond donors (Lipinski definition) is 0. The Morgan fingerprint density at radius 1 is 1.15 bits per heavy atom. The van der Waals surface area contributed by atoms with Crippen LogP contribution in [0.15, 0.2) is 48.1 Å². The molecule has 0 aliphatic carbocycles. The Labute approximate surface area is 164 Å². The predicted molar refractivity (Wildman–Crippen MR) is 108 cm³/mol. The number of thiazole rings is 1. The second kappa shape index (κ2) is 7.74. The normalized spacial score (nSPS) is 16.4. The number of hydrogen-bond acceptors (Lipinski definition) is 6. The van der Waals surface area contributed by atoms with Gasteiger partial charge >= 0.3 is 0 Å². The van der Waals surface area contributed by atoms with Crippen LogP contribution in [0.25, 0.3) is 0 Å². The van der Waals surface area contributed by atoms with Crippen LogP contribution in [0, 0.1) is 6.92 Å². The summed E-state index contributed by atoms with van der Waals surface area (Å²) < 4.78 is 5.21. The van der Waals surface area contributed by atoms with Gasteiger partial charge in [-0.3, -0.25) is 0 Å². The van der Waals surface area contributed by atoms with E-state index in [4.69, 9.17) is 9.72 Å². The Kier molecular flexibility index (Phi) is 5.18. The van der Waals surface area contributed by atoms with E-state index < -0.39 is 0 Å². The molecule has 0 radical (unpaired) electrons. The lowest BCUT2D eigenvalue weighted by atomic mass is 9.70. The van der Waals surface area contributed by atoms with Gasteiger partial charge in [0.2, 0.25) is 0 Å². The Balaban J connectivity index is 1.61. The molecule has 0 N–H and O–H groups in total. The van der Waals surface area contributed by atoms with Gasteiger partial charge in [0.05, 0.1) is 23.0 Å². The van der Waals surface area contributed by atoms with Crippen LogP contribution in [0.2, 0.25) is 0 Å². The smallest absolute Gasteiger partial charge is 0.132 e. The molecule has 1 aromatic carbocycles. The van der Waals surface area contributed by atoms with Crippen LogP contribution < -0.4 is 4.90 Å². The fourth-order valence-corrected chi connectivity index (χ4v) is 4.65. The van der Waals surface area contributed by atoms with Gasteiger partial charge in [0, 0.05) is 37.1 Å². The van der Waals surface area contributed by atoms with Crippen molar-refractivity contribution in [3.63, 3.8) is 0 Å². The zero-order chi connectivity index (χ0) is 18.7. The topological polar surface area (TPSA) is 51.1 Å². The fourth-order valence-electron chi connectivity index (χ4n) is 3.94. The third-order valence-corrected chi connectivity index (χ3v) is 6.15. The SMILES string of the molecule is COCc1cc(N2CCC(c3ccccc3)(c3csc(C)n3)CC2)ncn1. The number of aromatic nitrogens is 3. The molecule has 0 amide bonds. The molecule has 0 saturated carbocycles. The van der Waals surface area contributed by atoms with E-state index in [1.807, 2.05) is 6.07 Å². The lowest BCUT2D eigenvalue weighted by Crippen LogP contribution is -2.44. The predicted octanol–water partition coefficient (Wildman–Crippen LogP) is 3.97. The number of nitrogens with zero attached hydrogens (tertiary/aromatic N) is 4. The molecule has 0 atom stereocenters. The van der Waals surface area contributed by atoms with Crippen molar-refractivity contribution in [1.29, 1.82) is 0 Å². The summed E-state index contributed by atoms with van der Waals surface area (Å²) >= 11 is 1.74. The molecular formula is C21H24N4OS. The largest absolute Gasteiger partial charge is 0.378 e. The van der Waals surface area contributed by atoms with Crippen LogP contribution in [-0.2, 0) is 16.8 Å². The van der Waals surface area contributed by atoms with Gasteiger partial charge in [-0.15, -0.1) is 11.3 Å². The molecule has 1 saturated heterocycles. The Hall–Kier alpha value is -2.31. The van der Waals surface area contributed by atoms with Crippen molar-refractivity contribution in [2.24, 2.45) is 0 Å². The molecule has 2 aromatic heterocycles. The summed E-state index contributed by atoms with van der Waals surface area (Å²) in [7, 11) is 1.69. The second-order valence-electron chi connectivity index (χ2n) is 6.99. The fraction of sp³-hybridized carbons (Fsp3) is 0.381. The zero-order valence-electron chi connectivity index (χ0n) is 15.8. The Morgan fingerprint density at radius 2 is 1.93 bits per heavy atom. The monoisotopic (exact) mass is 380 g/mol. The van der Waals surface area contributed by atoms with Crippen molar-refractivity contribution < 1.29 is 4.74 Å². The van der Waals surface area contributed by atoms with E-state index in [0.717, 1.165) is 42.5 Å². The van der Waals surface area contributed by atoms with Crippen molar-refractivity contribution in [3.8, 4) is 0 Å². The zero-order valence-corrected chi connectivity index (χ0v) is 16.6. The lowest BCUT2D eigenvalue weighted by Gasteiger charge is -2.42. The standard InChI is InChI=1S/C21H24N4OS/c1-16-24-19(14-27-16)21(17-6-4-3-5-7-17)8-10-25(11-9-21)20-12-18(13-26-2)22-15-23-20/h3-7,12,14-15H,8-11,13H2,1-2H3. The Morgan fingerprint density at radius 3 is 2.59 bits per heavy atom. The highest BCUT2D eigenvalue weighted by molar-refractivity contribution is 7.09. The quantitative estimate of drug-likeness (QED) is 0.670. The minimum Gasteiger partial charge on any atom is -0.378 e. The summed E-state index contributed by atoms with van der Waals surface area (Å²) in [4.78, 5) is 16.0. The third-order valence-electron chi connectivity index (χ3n) is 5.38. The average molecular weight is 381 g/mol. The second-order valence-corrected chi connectivity index (χ2v) is 8.05. The van der Waals surface area contributed by atoms with Gasteiger partial charge in [0.1, 0.15) is 12.1 Å². The maximum absolute atomic E-state index is 5.21. The highest BCUT2D eigenvalue weighted by Gasteiger charge is 2.40. The van der Waals surface area contributed by atoms with Crippen LogP contribution in [0.1, 0.15) is 34.8 Å². The van der Waals surface area contributed by atoms with Crippen molar-refractivity contribution in [2.75, 3.05) is 25.1 Å². The minimum atomic E-state index is -0.0229. The van der Waals surface area contributed by atoms with Gasteiger partial charge in [0.15, 0.2) is 0 Å². The average Bonchev–Trinajstić information content (AvgIpc) is 3.16. The molecule has 0 spiro atoms. The maximum atomic E-state index is 5.21. The summed E-state index contributed by atoms with van der Waals surface area (Å²) in [5, 5.41) is 3.36. The summed E-state index contributed by atoms with van der Waals surface area (Å²) in [6.07, 6.45) is 3.67. The number of methoxy groups -OCH3 is 1. The molecule has 6 heteroatoms. The first-order valence-electron chi connectivity index (χ1n) is 9.24. The first kappa shape index (κ1) is 18.1. The summed E-state index contributed by atoms with van der Waals surface area (Å²) in [5.41, 5.74) is 3.46. The van der Waals surface area contributed by atoms with Crippen molar-refractivity contribution in [3.05, 3.63) is 70.1 Å². The van der Waals surface area contributed by atoms with Gasteiger partial charge in [-0.05, 0) is 25.3 Å². The Bertz CT molecular complexity index is 888. The van der Waals surface area contributed by atoms with E-state index in [9.17, 15) is 0 Å². The number of rotatable bonds is 5. The highest BCUT2D eigenvalue weighted by Crippen LogP contribution is 2.42. The first-order valence-corrected chi connectivity index (χ1v) is 10.1. The summed E-state index contributed by atoms with van der Waals surface area (Å²) in [6.45, 7) is 4.47. The van der Waals surface area contributed by atoms with E-state index in [2.05, 4.69) is 57.5 Å². The van der Waals surface area contributed by atoms with E-state index in [-0.39, 0.29) is 5.41 Å². The first-order chi connectivity index (χ1) is 13.2. The molecule has 140 valence electrons. The van der Waals surface area contributed by atoms with E-state index >= 15 is 0 Å². The molecule has 27 heavy (non-hydrogen) atoms. The van der Waals surface area contributed by atoms with Crippen LogP contribution in [0.5, 0.6) is 0 Å². The molecule has 0 bridgehead atoms. The minimum absolute atomic E-state index is 0.0229. The number of aryl methyl sites for hydroxylation is 1. The molecule has 5 nitrogen and oxygen atoms in total. The van der Waals surface area contributed by atoms with E-state index in [0.29, 0.717) is 6.61 Å². The molecule has 3 heterocycles.